The van der Waals surface area contributed by atoms with Crippen LogP contribution in [0, 0.1) is 5.92 Å². The highest BCUT2D eigenvalue weighted by atomic mass is 32.2. The summed E-state index contributed by atoms with van der Waals surface area (Å²) in [5.74, 6) is 0.375. The molecule has 118 valence electrons. The van der Waals surface area contributed by atoms with Crippen LogP contribution in [-0.2, 0) is 4.79 Å². The molecule has 1 fully saturated rings. The maximum atomic E-state index is 12.4. The molecule has 3 N–H and O–H groups in total. The van der Waals surface area contributed by atoms with Gasteiger partial charge in [-0.15, -0.1) is 11.8 Å². The molecule has 2 amide bonds. The van der Waals surface area contributed by atoms with E-state index in [0.717, 1.165) is 30.1 Å². The fourth-order valence-electron chi connectivity index (χ4n) is 2.78. The number of fused-ring (bicyclic) bond motifs is 1. The van der Waals surface area contributed by atoms with Crippen LogP contribution in [0.15, 0.2) is 23.1 Å². The van der Waals surface area contributed by atoms with Crippen molar-refractivity contribution < 1.29 is 9.59 Å². The summed E-state index contributed by atoms with van der Waals surface area (Å²) in [4.78, 5) is 25.2. The van der Waals surface area contributed by atoms with Gasteiger partial charge in [0.05, 0.1) is 10.9 Å². The molecule has 22 heavy (non-hydrogen) atoms. The lowest BCUT2D eigenvalue weighted by atomic mass is 9.94. The summed E-state index contributed by atoms with van der Waals surface area (Å²) in [5.41, 5.74) is 1.32. The number of anilines is 1. The van der Waals surface area contributed by atoms with E-state index in [2.05, 4.69) is 22.9 Å². The summed E-state index contributed by atoms with van der Waals surface area (Å²) in [6, 6.07) is 5.66. The number of piperidine rings is 1. The number of benzene rings is 1. The van der Waals surface area contributed by atoms with E-state index >= 15 is 0 Å². The molecule has 0 aliphatic carbocycles. The molecule has 0 bridgehead atoms. The number of rotatable bonds is 2. The van der Waals surface area contributed by atoms with Gasteiger partial charge in [-0.2, -0.15) is 0 Å². The minimum Gasteiger partial charge on any atom is -0.348 e. The summed E-state index contributed by atoms with van der Waals surface area (Å²) in [6.45, 7) is 5.85. The van der Waals surface area contributed by atoms with Crippen molar-refractivity contribution in [3.8, 4) is 0 Å². The van der Waals surface area contributed by atoms with Crippen molar-refractivity contribution >= 4 is 29.3 Å². The fourth-order valence-corrected chi connectivity index (χ4v) is 3.72. The molecule has 0 aromatic heterocycles. The Balaban J connectivity index is 1.73. The first-order valence-electron chi connectivity index (χ1n) is 7.68. The van der Waals surface area contributed by atoms with Gasteiger partial charge in [-0.05, 0) is 44.0 Å². The molecule has 2 heterocycles. The lowest BCUT2D eigenvalue weighted by Crippen LogP contribution is -2.50. The normalized spacial score (nSPS) is 27.7. The van der Waals surface area contributed by atoms with Gasteiger partial charge in [-0.1, -0.05) is 6.92 Å². The number of hydrogen-bond acceptors (Lipinski definition) is 4. The van der Waals surface area contributed by atoms with Crippen LogP contribution in [0.25, 0.3) is 0 Å². The van der Waals surface area contributed by atoms with E-state index in [1.807, 2.05) is 19.1 Å². The largest absolute Gasteiger partial charge is 0.348 e. The van der Waals surface area contributed by atoms with Crippen LogP contribution in [0.4, 0.5) is 5.69 Å². The van der Waals surface area contributed by atoms with Crippen molar-refractivity contribution in [1.82, 2.24) is 10.6 Å². The molecule has 3 atom stereocenters. The zero-order valence-corrected chi connectivity index (χ0v) is 13.6. The quantitative estimate of drug-likeness (QED) is 0.778. The molecular formula is C16H21N3O2S. The van der Waals surface area contributed by atoms with E-state index in [-0.39, 0.29) is 23.1 Å². The third kappa shape index (κ3) is 3.13. The first-order chi connectivity index (χ1) is 10.5. The number of thioether (sulfide) groups is 1. The highest BCUT2D eigenvalue weighted by Gasteiger charge is 2.26. The summed E-state index contributed by atoms with van der Waals surface area (Å²) in [7, 11) is 0. The van der Waals surface area contributed by atoms with Gasteiger partial charge in [0.25, 0.3) is 5.91 Å². The monoisotopic (exact) mass is 319 g/mol. The van der Waals surface area contributed by atoms with Crippen molar-refractivity contribution in [2.24, 2.45) is 5.92 Å². The fraction of sp³-hybridized carbons (Fsp3) is 0.500. The van der Waals surface area contributed by atoms with E-state index in [4.69, 9.17) is 0 Å². The molecule has 0 radical (unpaired) electrons. The Morgan fingerprint density at radius 1 is 1.36 bits per heavy atom. The molecule has 1 saturated heterocycles. The standard InChI is InChI=1S/C16H21N3O2S/c1-9-5-6-17-8-13(9)19-16(21)11-3-4-14-12(7-11)18-15(20)10(2)22-14/h3-4,7,9-10,13,17H,5-6,8H2,1-2H3,(H,18,20)(H,19,21). The Labute approximate surface area is 134 Å². The van der Waals surface area contributed by atoms with E-state index in [1.54, 1.807) is 6.07 Å². The van der Waals surface area contributed by atoms with Crippen LogP contribution in [-0.4, -0.2) is 36.2 Å². The second-order valence-corrected chi connectivity index (χ2v) is 7.39. The molecule has 2 aliphatic heterocycles. The average molecular weight is 319 g/mol. The summed E-state index contributed by atoms with van der Waals surface area (Å²) in [5, 5.41) is 9.17. The SMILES string of the molecule is CC1Sc2ccc(C(=O)NC3CNCCC3C)cc2NC1=O. The van der Waals surface area contributed by atoms with Crippen LogP contribution in [0.1, 0.15) is 30.6 Å². The molecule has 0 saturated carbocycles. The molecular weight excluding hydrogens is 298 g/mol. The first kappa shape index (κ1) is 15.4. The molecule has 2 aliphatic rings. The lowest BCUT2D eigenvalue weighted by molar-refractivity contribution is -0.115. The highest BCUT2D eigenvalue weighted by Crippen LogP contribution is 2.35. The third-order valence-corrected chi connectivity index (χ3v) is 5.49. The zero-order valence-electron chi connectivity index (χ0n) is 12.8. The van der Waals surface area contributed by atoms with Gasteiger partial charge in [-0.3, -0.25) is 9.59 Å². The Kier molecular flexibility index (Phi) is 4.40. The minimum atomic E-state index is -0.0960. The topological polar surface area (TPSA) is 70.2 Å². The first-order valence-corrected chi connectivity index (χ1v) is 8.55. The number of carbonyl (C=O) groups is 2. The smallest absolute Gasteiger partial charge is 0.251 e. The van der Waals surface area contributed by atoms with Gasteiger partial charge < -0.3 is 16.0 Å². The molecule has 6 heteroatoms. The summed E-state index contributed by atoms with van der Waals surface area (Å²) >= 11 is 1.52. The molecule has 3 unspecified atom stereocenters. The van der Waals surface area contributed by atoms with Gasteiger partial charge in [-0.25, -0.2) is 0 Å². The summed E-state index contributed by atoms with van der Waals surface area (Å²) < 4.78 is 0. The van der Waals surface area contributed by atoms with E-state index in [9.17, 15) is 9.59 Å². The second kappa shape index (κ2) is 6.30. The molecule has 1 aromatic rings. The van der Waals surface area contributed by atoms with Crippen molar-refractivity contribution in [2.75, 3.05) is 18.4 Å². The van der Waals surface area contributed by atoms with Crippen LogP contribution < -0.4 is 16.0 Å². The maximum Gasteiger partial charge on any atom is 0.251 e. The third-order valence-electron chi connectivity index (χ3n) is 4.32. The van der Waals surface area contributed by atoms with Gasteiger partial charge in [0.15, 0.2) is 0 Å². The lowest BCUT2D eigenvalue weighted by Gasteiger charge is -2.30. The van der Waals surface area contributed by atoms with E-state index in [1.165, 1.54) is 11.8 Å². The number of hydrogen-bond donors (Lipinski definition) is 3. The zero-order chi connectivity index (χ0) is 15.7. The van der Waals surface area contributed by atoms with Crippen molar-refractivity contribution in [3.05, 3.63) is 23.8 Å². The Hall–Kier alpha value is -1.53. The highest BCUT2D eigenvalue weighted by molar-refractivity contribution is 8.00. The second-order valence-electron chi connectivity index (χ2n) is 6.01. The van der Waals surface area contributed by atoms with Gasteiger partial charge in [0.2, 0.25) is 5.91 Å². The summed E-state index contributed by atoms with van der Waals surface area (Å²) in [6.07, 6.45) is 1.07. The number of amides is 2. The maximum absolute atomic E-state index is 12.4. The Morgan fingerprint density at radius 2 is 2.18 bits per heavy atom. The minimum absolute atomic E-state index is 0.0137. The van der Waals surface area contributed by atoms with Crippen molar-refractivity contribution in [2.45, 2.75) is 36.5 Å². The molecule has 3 rings (SSSR count). The molecule has 0 spiro atoms. The predicted octanol–water partition coefficient (Wildman–Crippen LogP) is 1.85. The molecule has 1 aromatic carbocycles. The van der Waals surface area contributed by atoms with Gasteiger partial charge in [0.1, 0.15) is 0 Å². The van der Waals surface area contributed by atoms with Crippen molar-refractivity contribution in [3.63, 3.8) is 0 Å². The molecule has 5 nitrogen and oxygen atoms in total. The average Bonchev–Trinajstić information content (AvgIpc) is 2.50. The van der Waals surface area contributed by atoms with Gasteiger partial charge >= 0.3 is 0 Å². The van der Waals surface area contributed by atoms with Crippen LogP contribution in [0.2, 0.25) is 0 Å². The Morgan fingerprint density at radius 3 is 2.95 bits per heavy atom. The van der Waals surface area contributed by atoms with Crippen LogP contribution in [0.5, 0.6) is 0 Å². The van der Waals surface area contributed by atoms with Gasteiger partial charge in [0, 0.05) is 23.0 Å². The van der Waals surface area contributed by atoms with Crippen LogP contribution >= 0.6 is 11.8 Å². The van der Waals surface area contributed by atoms with Crippen molar-refractivity contribution in [1.29, 1.82) is 0 Å². The number of carbonyl (C=O) groups excluding carboxylic acids is 2. The Bertz CT molecular complexity index is 605. The number of nitrogens with one attached hydrogen (secondary N) is 3. The van der Waals surface area contributed by atoms with E-state index < -0.39 is 0 Å². The van der Waals surface area contributed by atoms with Crippen LogP contribution in [0.3, 0.4) is 0 Å². The van der Waals surface area contributed by atoms with E-state index in [0.29, 0.717) is 11.5 Å². The predicted molar refractivity (Wildman–Crippen MR) is 88.3 cm³/mol.